The number of aliphatic hydroxyl groups is 1. The number of para-hydroxylation sites is 1. The molecule has 0 saturated carbocycles. The Morgan fingerprint density at radius 3 is 2.65 bits per heavy atom. The van der Waals surface area contributed by atoms with Gasteiger partial charge >= 0.3 is 0 Å². The van der Waals surface area contributed by atoms with E-state index in [0.717, 1.165) is 29.9 Å². The van der Waals surface area contributed by atoms with Gasteiger partial charge in [-0.15, -0.1) is 0 Å². The molecule has 1 unspecified atom stereocenters. The van der Waals surface area contributed by atoms with E-state index < -0.39 is 5.41 Å². The molecule has 6 heteroatoms. The quantitative estimate of drug-likeness (QED) is 0.705. The number of aryl methyl sites for hydroxylation is 1. The maximum absolute atomic E-state index is 13.8. The van der Waals surface area contributed by atoms with Crippen molar-refractivity contribution >= 4 is 23.2 Å². The van der Waals surface area contributed by atoms with Gasteiger partial charge in [0.15, 0.2) is 0 Å². The van der Waals surface area contributed by atoms with Crippen LogP contribution in [0.5, 0.6) is 0 Å². The van der Waals surface area contributed by atoms with Crippen molar-refractivity contribution in [2.24, 2.45) is 11.3 Å². The van der Waals surface area contributed by atoms with Crippen LogP contribution in [0.1, 0.15) is 55.1 Å². The van der Waals surface area contributed by atoms with Gasteiger partial charge in [-0.1, -0.05) is 32.0 Å². The average molecular weight is 464 g/mol. The zero-order valence-corrected chi connectivity index (χ0v) is 20.8. The van der Waals surface area contributed by atoms with Gasteiger partial charge in [-0.25, -0.2) is 0 Å². The van der Waals surface area contributed by atoms with Crippen molar-refractivity contribution in [1.82, 2.24) is 5.32 Å². The SMILES string of the molecule is Cc1cc(N2CC[C@H](C)C2)ccc1C(=O)N1CCC(C)(C(=O)N[C@@H](C)CO)Cc2ccccc21. The molecule has 0 spiro atoms. The normalized spacial score (nSPS) is 23.3. The van der Waals surface area contributed by atoms with E-state index in [9.17, 15) is 14.7 Å². The Balaban J connectivity index is 1.61. The van der Waals surface area contributed by atoms with Crippen LogP contribution in [0.3, 0.4) is 0 Å². The molecule has 2 amide bonds. The van der Waals surface area contributed by atoms with Crippen LogP contribution < -0.4 is 15.1 Å². The second-order valence-corrected chi connectivity index (χ2v) is 10.5. The van der Waals surface area contributed by atoms with Gasteiger partial charge in [0.05, 0.1) is 12.0 Å². The van der Waals surface area contributed by atoms with Gasteiger partial charge in [-0.05, 0) is 74.4 Å². The van der Waals surface area contributed by atoms with Gasteiger partial charge in [-0.2, -0.15) is 0 Å². The van der Waals surface area contributed by atoms with Gasteiger partial charge in [0.2, 0.25) is 5.91 Å². The number of nitrogens with one attached hydrogen (secondary N) is 1. The lowest BCUT2D eigenvalue weighted by Gasteiger charge is -2.29. The van der Waals surface area contributed by atoms with Crippen LogP contribution in [-0.4, -0.2) is 49.2 Å². The van der Waals surface area contributed by atoms with Gasteiger partial charge in [0.1, 0.15) is 0 Å². The number of benzene rings is 2. The van der Waals surface area contributed by atoms with E-state index in [2.05, 4.69) is 29.3 Å². The summed E-state index contributed by atoms with van der Waals surface area (Å²) in [5.41, 5.74) is 4.05. The highest BCUT2D eigenvalue weighted by molar-refractivity contribution is 6.08. The van der Waals surface area contributed by atoms with E-state index in [-0.39, 0.29) is 24.5 Å². The predicted octanol–water partition coefficient (Wildman–Crippen LogP) is 3.94. The molecular weight excluding hydrogens is 426 g/mol. The second-order valence-electron chi connectivity index (χ2n) is 10.5. The Hall–Kier alpha value is -2.86. The summed E-state index contributed by atoms with van der Waals surface area (Å²) in [6, 6.07) is 13.7. The van der Waals surface area contributed by atoms with Crippen LogP contribution in [0.25, 0.3) is 0 Å². The number of hydrogen-bond donors (Lipinski definition) is 2. The molecule has 2 heterocycles. The van der Waals surface area contributed by atoms with Crippen LogP contribution >= 0.6 is 0 Å². The highest BCUT2D eigenvalue weighted by Gasteiger charge is 2.39. The van der Waals surface area contributed by atoms with Crippen molar-refractivity contribution in [3.05, 3.63) is 59.2 Å². The topological polar surface area (TPSA) is 72.9 Å². The lowest BCUT2D eigenvalue weighted by Crippen LogP contribution is -2.46. The fourth-order valence-corrected chi connectivity index (χ4v) is 5.16. The number of amides is 2. The molecular formula is C28H37N3O3. The number of carbonyl (C=O) groups excluding carboxylic acids is 2. The van der Waals surface area contributed by atoms with Crippen molar-refractivity contribution in [3.8, 4) is 0 Å². The molecule has 182 valence electrons. The second kappa shape index (κ2) is 9.79. The van der Waals surface area contributed by atoms with Gasteiger partial charge < -0.3 is 20.2 Å². The molecule has 2 aliphatic rings. The average Bonchev–Trinajstić information content (AvgIpc) is 3.18. The standard InChI is InChI=1S/C28H37N3O3/c1-19-11-13-30(17-19)23-9-10-24(20(2)15-23)26(33)31-14-12-28(4,27(34)29-21(3)18-32)16-22-7-5-6-8-25(22)31/h5-10,15,19,21,32H,11-14,16-18H2,1-4H3,(H,29,34)/t19-,21-,28?/m0/s1. The van der Waals surface area contributed by atoms with Crippen LogP contribution in [-0.2, 0) is 11.2 Å². The van der Waals surface area contributed by atoms with E-state index in [1.54, 1.807) is 6.92 Å². The molecule has 0 aliphatic carbocycles. The summed E-state index contributed by atoms with van der Waals surface area (Å²) in [6.07, 6.45) is 2.29. The Bertz CT molecular complexity index is 1070. The summed E-state index contributed by atoms with van der Waals surface area (Å²) in [6.45, 7) is 10.5. The summed E-state index contributed by atoms with van der Waals surface area (Å²) < 4.78 is 0. The van der Waals surface area contributed by atoms with E-state index in [1.165, 1.54) is 12.1 Å². The van der Waals surface area contributed by atoms with Crippen LogP contribution in [0.2, 0.25) is 0 Å². The molecule has 3 atom stereocenters. The van der Waals surface area contributed by atoms with Crippen LogP contribution in [0, 0.1) is 18.3 Å². The molecule has 0 aromatic heterocycles. The molecule has 6 nitrogen and oxygen atoms in total. The smallest absolute Gasteiger partial charge is 0.258 e. The molecule has 2 aromatic rings. The van der Waals surface area contributed by atoms with Crippen LogP contribution in [0.4, 0.5) is 11.4 Å². The highest BCUT2D eigenvalue weighted by atomic mass is 16.3. The molecule has 4 rings (SSSR count). The first-order valence-corrected chi connectivity index (χ1v) is 12.4. The minimum atomic E-state index is -0.667. The zero-order chi connectivity index (χ0) is 24.5. The molecule has 2 aromatic carbocycles. The zero-order valence-electron chi connectivity index (χ0n) is 20.8. The summed E-state index contributed by atoms with van der Waals surface area (Å²) in [5.74, 6) is 0.584. The fourth-order valence-electron chi connectivity index (χ4n) is 5.16. The molecule has 0 bridgehead atoms. The molecule has 0 radical (unpaired) electrons. The summed E-state index contributed by atoms with van der Waals surface area (Å²) in [5, 5.41) is 12.3. The summed E-state index contributed by atoms with van der Waals surface area (Å²) in [4.78, 5) is 31.1. The minimum absolute atomic E-state index is 0.0281. The highest BCUT2D eigenvalue weighted by Crippen LogP contribution is 2.37. The van der Waals surface area contributed by atoms with Crippen molar-refractivity contribution in [2.45, 2.75) is 53.0 Å². The van der Waals surface area contributed by atoms with Crippen molar-refractivity contribution < 1.29 is 14.7 Å². The van der Waals surface area contributed by atoms with E-state index >= 15 is 0 Å². The lowest BCUT2D eigenvalue weighted by molar-refractivity contribution is -0.131. The number of aliphatic hydroxyl groups excluding tert-OH is 1. The van der Waals surface area contributed by atoms with Gasteiger partial charge in [0.25, 0.3) is 5.91 Å². The molecule has 34 heavy (non-hydrogen) atoms. The Labute approximate surface area is 203 Å². The van der Waals surface area contributed by atoms with E-state index in [4.69, 9.17) is 0 Å². The number of fused-ring (bicyclic) bond motifs is 1. The first-order chi connectivity index (χ1) is 16.2. The fraction of sp³-hybridized carbons (Fsp3) is 0.500. The third-order valence-corrected chi connectivity index (χ3v) is 7.42. The van der Waals surface area contributed by atoms with Crippen molar-refractivity contribution in [3.63, 3.8) is 0 Å². The first-order valence-electron chi connectivity index (χ1n) is 12.4. The molecule has 1 fully saturated rings. The van der Waals surface area contributed by atoms with Crippen molar-refractivity contribution in [2.75, 3.05) is 36.0 Å². The summed E-state index contributed by atoms with van der Waals surface area (Å²) in [7, 11) is 0. The first kappa shape index (κ1) is 24.3. The monoisotopic (exact) mass is 463 g/mol. The molecule has 2 N–H and O–H groups in total. The molecule has 1 saturated heterocycles. The maximum atomic E-state index is 13.8. The van der Waals surface area contributed by atoms with Gasteiger partial charge in [0, 0.05) is 42.6 Å². The Kier molecular flexibility index (Phi) is 6.99. The van der Waals surface area contributed by atoms with E-state index in [0.29, 0.717) is 30.9 Å². The van der Waals surface area contributed by atoms with Gasteiger partial charge in [-0.3, -0.25) is 9.59 Å². The number of hydrogen-bond acceptors (Lipinski definition) is 4. The third kappa shape index (κ3) is 4.83. The Morgan fingerprint density at radius 2 is 1.97 bits per heavy atom. The molecule has 2 aliphatic heterocycles. The third-order valence-electron chi connectivity index (χ3n) is 7.42. The largest absolute Gasteiger partial charge is 0.394 e. The van der Waals surface area contributed by atoms with E-state index in [1.807, 2.05) is 49.1 Å². The predicted molar refractivity (Wildman–Crippen MR) is 136 cm³/mol. The number of nitrogens with zero attached hydrogens (tertiary/aromatic N) is 2. The number of carbonyl (C=O) groups is 2. The van der Waals surface area contributed by atoms with Crippen molar-refractivity contribution in [1.29, 1.82) is 0 Å². The lowest BCUT2D eigenvalue weighted by atomic mass is 9.80. The van der Waals surface area contributed by atoms with Crippen LogP contribution in [0.15, 0.2) is 42.5 Å². The maximum Gasteiger partial charge on any atom is 0.258 e. The number of anilines is 2. The number of rotatable bonds is 5. The Morgan fingerprint density at radius 1 is 1.21 bits per heavy atom. The summed E-state index contributed by atoms with van der Waals surface area (Å²) >= 11 is 0. The minimum Gasteiger partial charge on any atom is -0.394 e.